The molecule has 0 spiro atoms. The maximum Gasteiger partial charge on any atom is 0.295 e. The normalized spacial score (nSPS) is 17.3. The topological polar surface area (TPSA) is 89.0 Å². The number of methoxy groups -OCH3 is 2. The van der Waals surface area contributed by atoms with Crippen LogP contribution in [0, 0.1) is 5.82 Å². The maximum absolute atomic E-state index is 14.9. The van der Waals surface area contributed by atoms with Gasteiger partial charge in [0.25, 0.3) is 11.7 Å². The average molecular weight is 448 g/mol. The van der Waals surface area contributed by atoms with Crippen molar-refractivity contribution in [1.29, 1.82) is 0 Å². The monoisotopic (exact) mass is 448 g/mol. The van der Waals surface area contributed by atoms with Crippen LogP contribution < -0.4 is 9.47 Å². The zero-order valence-electron chi connectivity index (χ0n) is 18.0. The van der Waals surface area contributed by atoms with Gasteiger partial charge in [-0.15, -0.1) is 0 Å². The second-order valence-electron chi connectivity index (χ2n) is 7.38. The van der Waals surface area contributed by atoms with Gasteiger partial charge in [0.15, 0.2) is 11.5 Å². The number of nitrogens with zero attached hydrogens (tertiary/aromatic N) is 2. The van der Waals surface area contributed by atoms with E-state index in [1.807, 2.05) is 0 Å². The molecule has 0 saturated carbocycles. The third-order valence-electron chi connectivity index (χ3n) is 5.47. The van der Waals surface area contributed by atoms with E-state index in [4.69, 9.17) is 9.47 Å². The zero-order chi connectivity index (χ0) is 23.5. The fourth-order valence-corrected chi connectivity index (χ4v) is 3.89. The first-order valence-corrected chi connectivity index (χ1v) is 10.1. The van der Waals surface area contributed by atoms with Gasteiger partial charge in [-0.25, -0.2) is 4.39 Å². The molecule has 1 fully saturated rings. The van der Waals surface area contributed by atoms with Crippen LogP contribution in [-0.2, 0) is 16.1 Å². The Balaban J connectivity index is 1.89. The minimum Gasteiger partial charge on any atom is -0.507 e. The van der Waals surface area contributed by atoms with Gasteiger partial charge in [0.1, 0.15) is 11.6 Å². The molecule has 1 N–H and O–H groups in total. The van der Waals surface area contributed by atoms with Crippen LogP contribution in [-0.4, -0.2) is 40.9 Å². The Hall–Kier alpha value is -4.20. The Bertz CT molecular complexity index is 1240. The summed E-state index contributed by atoms with van der Waals surface area (Å²) in [6.07, 6.45) is 3.15. The first-order chi connectivity index (χ1) is 16.0. The Morgan fingerprint density at radius 3 is 2.48 bits per heavy atom. The van der Waals surface area contributed by atoms with Gasteiger partial charge in [-0.1, -0.05) is 24.3 Å². The van der Waals surface area contributed by atoms with E-state index in [2.05, 4.69) is 4.98 Å². The highest BCUT2D eigenvalue weighted by atomic mass is 19.1. The number of ether oxygens (including phenoxy) is 2. The lowest BCUT2D eigenvalue weighted by Gasteiger charge is -2.25. The number of rotatable bonds is 6. The molecule has 2 aromatic carbocycles. The van der Waals surface area contributed by atoms with E-state index < -0.39 is 29.3 Å². The summed E-state index contributed by atoms with van der Waals surface area (Å²) in [5.74, 6) is -2.02. The van der Waals surface area contributed by atoms with Gasteiger partial charge >= 0.3 is 0 Å². The minimum absolute atomic E-state index is 0.0140. The number of aromatic nitrogens is 1. The molecule has 7 nitrogen and oxygen atoms in total. The molecule has 0 aliphatic carbocycles. The van der Waals surface area contributed by atoms with Crippen LogP contribution >= 0.6 is 0 Å². The molecule has 1 aliphatic rings. The number of aliphatic hydroxyl groups excluding tert-OH is 1. The lowest BCUT2D eigenvalue weighted by Crippen LogP contribution is -2.29. The second kappa shape index (κ2) is 9.12. The van der Waals surface area contributed by atoms with Gasteiger partial charge in [-0.3, -0.25) is 14.6 Å². The van der Waals surface area contributed by atoms with E-state index in [1.165, 1.54) is 49.5 Å². The fraction of sp³-hybridized carbons (Fsp3) is 0.160. The number of aliphatic hydroxyl groups is 1. The van der Waals surface area contributed by atoms with E-state index >= 15 is 0 Å². The van der Waals surface area contributed by atoms with E-state index in [-0.39, 0.29) is 23.2 Å². The van der Waals surface area contributed by atoms with Crippen LogP contribution in [0.3, 0.4) is 0 Å². The van der Waals surface area contributed by atoms with Crippen LogP contribution in [0.25, 0.3) is 5.76 Å². The first kappa shape index (κ1) is 22.0. The molecule has 1 atom stereocenters. The van der Waals surface area contributed by atoms with Crippen LogP contribution in [0.4, 0.5) is 4.39 Å². The number of hydrogen-bond donors (Lipinski definition) is 1. The fourth-order valence-electron chi connectivity index (χ4n) is 3.89. The summed E-state index contributed by atoms with van der Waals surface area (Å²) >= 11 is 0. The van der Waals surface area contributed by atoms with Gasteiger partial charge in [0, 0.05) is 30.1 Å². The summed E-state index contributed by atoms with van der Waals surface area (Å²) in [4.78, 5) is 31.4. The maximum atomic E-state index is 14.9. The van der Waals surface area contributed by atoms with E-state index in [9.17, 15) is 19.1 Å². The number of carbonyl (C=O) groups is 2. The van der Waals surface area contributed by atoms with Crippen molar-refractivity contribution in [2.24, 2.45) is 0 Å². The van der Waals surface area contributed by atoms with Gasteiger partial charge in [0.05, 0.1) is 25.8 Å². The molecule has 1 aliphatic heterocycles. The predicted octanol–water partition coefficient (Wildman–Crippen LogP) is 3.86. The Morgan fingerprint density at radius 1 is 1.06 bits per heavy atom. The molecular formula is C25H21FN2O5. The smallest absolute Gasteiger partial charge is 0.295 e. The van der Waals surface area contributed by atoms with E-state index in [0.29, 0.717) is 17.1 Å². The van der Waals surface area contributed by atoms with Crippen molar-refractivity contribution in [2.75, 3.05) is 14.2 Å². The molecule has 1 amide bonds. The summed E-state index contributed by atoms with van der Waals surface area (Å²) < 4.78 is 25.4. The van der Waals surface area contributed by atoms with Crippen molar-refractivity contribution in [3.8, 4) is 11.5 Å². The highest BCUT2D eigenvalue weighted by molar-refractivity contribution is 6.46. The first-order valence-electron chi connectivity index (χ1n) is 10.1. The number of pyridine rings is 1. The lowest BCUT2D eigenvalue weighted by molar-refractivity contribution is -0.140. The quantitative estimate of drug-likeness (QED) is 0.350. The number of likely N-dealkylation sites (tertiary alicyclic amines) is 1. The van der Waals surface area contributed by atoms with Crippen molar-refractivity contribution in [3.63, 3.8) is 0 Å². The molecule has 1 aromatic heterocycles. The largest absolute Gasteiger partial charge is 0.507 e. The van der Waals surface area contributed by atoms with Gasteiger partial charge in [-0.05, 0) is 35.9 Å². The number of carbonyl (C=O) groups excluding carboxylic acids is 2. The Labute approximate surface area is 189 Å². The molecule has 1 unspecified atom stereocenters. The van der Waals surface area contributed by atoms with Crippen molar-refractivity contribution in [2.45, 2.75) is 12.6 Å². The number of amides is 1. The standard InChI is InChI=1S/C25H21FN2O5/c1-32-19-10-9-16(12-20(19)33-2)23(29)21-22(17-7-3-4-8-18(17)26)28(25(31)24(21)30)14-15-6-5-11-27-13-15/h3-13,22,29H,14H2,1-2H3/b23-21+. The molecule has 8 heteroatoms. The third kappa shape index (κ3) is 4.03. The summed E-state index contributed by atoms with van der Waals surface area (Å²) in [5.41, 5.74) is 0.782. The summed E-state index contributed by atoms with van der Waals surface area (Å²) in [6, 6.07) is 12.8. The average Bonchev–Trinajstić information content (AvgIpc) is 3.08. The Morgan fingerprint density at radius 2 is 1.82 bits per heavy atom. The number of halogens is 1. The van der Waals surface area contributed by atoms with Gasteiger partial charge in [-0.2, -0.15) is 0 Å². The number of Topliss-reactive ketones (excluding diaryl/α,β-unsaturated/α-hetero) is 1. The third-order valence-corrected chi connectivity index (χ3v) is 5.47. The van der Waals surface area contributed by atoms with Gasteiger partial charge in [0.2, 0.25) is 0 Å². The summed E-state index contributed by atoms with van der Waals surface area (Å²) in [6.45, 7) is 0.0140. The summed E-state index contributed by atoms with van der Waals surface area (Å²) in [5, 5.41) is 11.1. The van der Waals surface area contributed by atoms with Crippen LogP contribution in [0.2, 0.25) is 0 Å². The van der Waals surface area contributed by atoms with Gasteiger partial charge < -0.3 is 19.5 Å². The molecule has 2 heterocycles. The van der Waals surface area contributed by atoms with Crippen molar-refractivity contribution in [3.05, 3.63) is 95.1 Å². The molecule has 0 bridgehead atoms. The molecular weight excluding hydrogens is 427 g/mol. The molecule has 4 rings (SSSR count). The highest BCUT2D eigenvalue weighted by Gasteiger charge is 2.47. The molecule has 168 valence electrons. The predicted molar refractivity (Wildman–Crippen MR) is 118 cm³/mol. The number of hydrogen-bond acceptors (Lipinski definition) is 6. The van der Waals surface area contributed by atoms with E-state index in [0.717, 1.165) is 0 Å². The minimum atomic E-state index is -1.13. The van der Waals surface area contributed by atoms with Crippen LogP contribution in [0.1, 0.15) is 22.7 Å². The SMILES string of the molecule is COc1ccc(/C(O)=C2\C(=O)C(=O)N(Cc3cccnc3)C2c2ccccc2F)cc1OC. The van der Waals surface area contributed by atoms with Crippen LogP contribution in [0.15, 0.2) is 72.6 Å². The van der Waals surface area contributed by atoms with Crippen molar-refractivity contribution >= 4 is 17.4 Å². The van der Waals surface area contributed by atoms with E-state index in [1.54, 1.807) is 36.7 Å². The molecule has 0 radical (unpaired) electrons. The number of benzene rings is 2. The summed E-state index contributed by atoms with van der Waals surface area (Å²) in [7, 11) is 2.91. The van der Waals surface area contributed by atoms with Crippen molar-refractivity contribution < 1.29 is 28.6 Å². The molecule has 1 saturated heterocycles. The second-order valence-corrected chi connectivity index (χ2v) is 7.38. The lowest BCUT2D eigenvalue weighted by atomic mass is 9.94. The molecule has 33 heavy (non-hydrogen) atoms. The number of ketones is 1. The highest BCUT2D eigenvalue weighted by Crippen LogP contribution is 2.42. The molecule has 3 aromatic rings. The van der Waals surface area contributed by atoms with Crippen LogP contribution in [0.5, 0.6) is 11.5 Å². The Kier molecular flexibility index (Phi) is 6.08. The zero-order valence-corrected chi connectivity index (χ0v) is 18.0. The van der Waals surface area contributed by atoms with Crippen molar-refractivity contribution in [1.82, 2.24) is 9.88 Å².